The summed E-state index contributed by atoms with van der Waals surface area (Å²) < 4.78 is 0. The van der Waals surface area contributed by atoms with Crippen molar-refractivity contribution in [2.24, 2.45) is 0 Å². The van der Waals surface area contributed by atoms with E-state index in [2.05, 4.69) is 33.4 Å². The summed E-state index contributed by atoms with van der Waals surface area (Å²) in [5.74, 6) is 0. The Balaban J connectivity index is 3.43. The second-order valence-corrected chi connectivity index (χ2v) is 4.00. The molecule has 0 aliphatic carbocycles. The van der Waals surface area contributed by atoms with Crippen molar-refractivity contribution in [2.75, 3.05) is 0 Å². The van der Waals surface area contributed by atoms with Gasteiger partial charge in [-0.3, -0.25) is 0 Å². The molecule has 0 aliphatic rings. The molecule has 0 spiro atoms. The molecule has 0 aromatic heterocycles. The summed E-state index contributed by atoms with van der Waals surface area (Å²) >= 11 is 0. The molecule has 0 bridgehead atoms. The number of hydrogen-bond acceptors (Lipinski definition) is 0. The van der Waals surface area contributed by atoms with E-state index in [1.54, 1.807) is 5.57 Å². The predicted molar refractivity (Wildman–Crippen MR) is 61.9 cm³/mol. The van der Waals surface area contributed by atoms with E-state index in [0.29, 0.717) is 0 Å². The summed E-state index contributed by atoms with van der Waals surface area (Å²) in [6.07, 6.45) is 9.98. The first-order valence-corrected chi connectivity index (χ1v) is 5.46. The molecule has 0 saturated heterocycles. The Kier molecular flexibility index (Phi) is 7.77. The maximum atomic E-state index is 3.91. The highest BCUT2D eigenvalue weighted by Gasteiger charge is 1.91. The number of rotatable bonds is 7. The average Bonchev–Trinajstić information content (AvgIpc) is 2.04. The molecule has 0 aromatic rings. The third-order valence-corrected chi connectivity index (χ3v) is 2.23. The monoisotopic (exact) mass is 180 g/mol. The number of allylic oxidation sites excluding steroid dienone is 3. The molecule has 0 radical (unpaired) electrons. The summed E-state index contributed by atoms with van der Waals surface area (Å²) in [5.41, 5.74) is 2.86. The Labute approximate surface area is 83.7 Å². The maximum Gasteiger partial charge on any atom is -0.0320 e. The number of unbranched alkanes of at least 4 members (excludes halogenated alkanes) is 2. The zero-order valence-corrected chi connectivity index (χ0v) is 9.53. The highest BCUT2D eigenvalue weighted by molar-refractivity contribution is 4.99. The van der Waals surface area contributed by atoms with E-state index in [1.165, 1.54) is 44.1 Å². The summed E-state index contributed by atoms with van der Waals surface area (Å²) in [5, 5.41) is 0. The average molecular weight is 180 g/mol. The molecule has 0 saturated carbocycles. The SMILES string of the molecule is C=C(C)CCC/C(C)=C/CCCC. The lowest BCUT2D eigenvalue weighted by atomic mass is 10.1. The van der Waals surface area contributed by atoms with E-state index >= 15 is 0 Å². The van der Waals surface area contributed by atoms with E-state index in [0.717, 1.165) is 0 Å². The molecule has 0 fully saturated rings. The third kappa shape index (κ3) is 9.39. The Morgan fingerprint density at radius 3 is 2.38 bits per heavy atom. The van der Waals surface area contributed by atoms with Crippen LogP contribution in [0.25, 0.3) is 0 Å². The van der Waals surface area contributed by atoms with Gasteiger partial charge in [-0.2, -0.15) is 0 Å². The number of hydrogen-bond donors (Lipinski definition) is 0. The quantitative estimate of drug-likeness (QED) is 0.387. The van der Waals surface area contributed by atoms with Crippen LogP contribution in [0.3, 0.4) is 0 Å². The van der Waals surface area contributed by atoms with Crippen LogP contribution < -0.4 is 0 Å². The van der Waals surface area contributed by atoms with Gasteiger partial charge < -0.3 is 0 Å². The molecule has 13 heavy (non-hydrogen) atoms. The first kappa shape index (κ1) is 12.5. The second kappa shape index (κ2) is 8.10. The van der Waals surface area contributed by atoms with Gasteiger partial charge in [0.2, 0.25) is 0 Å². The van der Waals surface area contributed by atoms with Crippen LogP contribution >= 0.6 is 0 Å². The molecule has 0 atom stereocenters. The molecule has 0 aromatic carbocycles. The van der Waals surface area contributed by atoms with Crippen molar-refractivity contribution in [3.63, 3.8) is 0 Å². The first-order chi connectivity index (χ1) is 6.16. The van der Waals surface area contributed by atoms with Gasteiger partial charge in [0.25, 0.3) is 0 Å². The zero-order valence-electron chi connectivity index (χ0n) is 9.53. The van der Waals surface area contributed by atoms with Gasteiger partial charge in [-0.25, -0.2) is 0 Å². The molecular formula is C13H24. The van der Waals surface area contributed by atoms with Crippen molar-refractivity contribution in [2.45, 2.75) is 59.3 Å². The molecule has 0 rings (SSSR count). The van der Waals surface area contributed by atoms with Crippen LogP contribution in [-0.4, -0.2) is 0 Å². The minimum atomic E-state index is 1.18. The third-order valence-electron chi connectivity index (χ3n) is 2.23. The van der Waals surface area contributed by atoms with Crippen LogP contribution in [0.2, 0.25) is 0 Å². The molecule has 0 N–H and O–H groups in total. The van der Waals surface area contributed by atoms with Gasteiger partial charge in [0.15, 0.2) is 0 Å². The molecule has 0 nitrogen and oxygen atoms in total. The van der Waals surface area contributed by atoms with Gasteiger partial charge in [-0.05, 0) is 39.5 Å². The van der Waals surface area contributed by atoms with Crippen molar-refractivity contribution in [3.8, 4) is 0 Å². The maximum absolute atomic E-state index is 3.91. The van der Waals surface area contributed by atoms with E-state index in [9.17, 15) is 0 Å². The van der Waals surface area contributed by atoms with Crippen LogP contribution in [0.15, 0.2) is 23.8 Å². The van der Waals surface area contributed by atoms with Crippen LogP contribution in [0.5, 0.6) is 0 Å². The Morgan fingerprint density at radius 1 is 1.15 bits per heavy atom. The van der Waals surface area contributed by atoms with Crippen LogP contribution in [-0.2, 0) is 0 Å². The van der Waals surface area contributed by atoms with Gasteiger partial charge >= 0.3 is 0 Å². The second-order valence-electron chi connectivity index (χ2n) is 4.00. The molecule has 0 heteroatoms. The van der Waals surface area contributed by atoms with E-state index in [-0.39, 0.29) is 0 Å². The van der Waals surface area contributed by atoms with Gasteiger partial charge in [0, 0.05) is 0 Å². The Morgan fingerprint density at radius 2 is 1.85 bits per heavy atom. The van der Waals surface area contributed by atoms with Crippen molar-refractivity contribution >= 4 is 0 Å². The lowest BCUT2D eigenvalue weighted by molar-refractivity contribution is 0.779. The first-order valence-electron chi connectivity index (χ1n) is 5.46. The van der Waals surface area contributed by atoms with Crippen molar-refractivity contribution in [3.05, 3.63) is 23.8 Å². The van der Waals surface area contributed by atoms with E-state index in [4.69, 9.17) is 0 Å². The standard InChI is InChI=1S/C13H24/c1-5-6-7-10-13(4)11-8-9-12(2)3/h10H,2,5-9,11H2,1,3-4H3/b13-10+. The van der Waals surface area contributed by atoms with Gasteiger partial charge in [0.1, 0.15) is 0 Å². The molecule has 0 aliphatic heterocycles. The topological polar surface area (TPSA) is 0 Å². The lowest BCUT2D eigenvalue weighted by Crippen LogP contribution is -1.81. The Hall–Kier alpha value is -0.520. The smallest absolute Gasteiger partial charge is 0.0320 e. The van der Waals surface area contributed by atoms with Crippen molar-refractivity contribution in [1.82, 2.24) is 0 Å². The van der Waals surface area contributed by atoms with Crippen LogP contribution in [0.1, 0.15) is 59.3 Å². The summed E-state index contributed by atoms with van der Waals surface area (Å²) in [4.78, 5) is 0. The van der Waals surface area contributed by atoms with Crippen LogP contribution in [0.4, 0.5) is 0 Å². The summed E-state index contributed by atoms with van der Waals surface area (Å²) in [6.45, 7) is 10.5. The minimum Gasteiger partial charge on any atom is -0.100 e. The normalized spacial score (nSPS) is 11.8. The lowest BCUT2D eigenvalue weighted by Gasteiger charge is -2.01. The molecule has 0 unspecified atom stereocenters. The highest BCUT2D eigenvalue weighted by Crippen LogP contribution is 2.11. The van der Waals surface area contributed by atoms with Gasteiger partial charge in [0.05, 0.1) is 0 Å². The minimum absolute atomic E-state index is 1.18. The van der Waals surface area contributed by atoms with Crippen LogP contribution in [0, 0.1) is 0 Å². The summed E-state index contributed by atoms with van der Waals surface area (Å²) in [7, 11) is 0. The fourth-order valence-electron chi connectivity index (χ4n) is 1.32. The molecule has 76 valence electrons. The zero-order chi connectivity index (χ0) is 10.1. The fraction of sp³-hybridized carbons (Fsp3) is 0.692. The van der Waals surface area contributed by atoms with E-state index in [1.807, 2.05) is 0 Å². The molecular weight excluding hydrogens is 156 g/mol. The summed E-state index contributed by atoms with van der Waals surface area (Å²) in [6, 6.07) is 0. The molecule has 0 heterocycles. The largest absolute Gasteiger partial charge is 0.100 e. The van der Waals surface area contributed by atoms with E-state index < -0.39 is 0 Å². The van der Waals surface area contributed by atoms with Gasteiger partial charge in [-0.1, -0.05) is 37.0 Å². The predicted octanol–water partition coefficient (Wildman–Crippen LogP) is 4.87. The Bertz CT molecular complexity index is 163. The molecule has 0 amide bonds. The highest BCUT2D eigenvalue weighted by atomic mass is 14.0. The van der Waals surface area contributed by atoms with Crippen molar-refractivity contribution < 1.29 is 0 Å². The van der Waals surface area contributed by atoms with Gasteiger partial charge in [-0.15, -0.1) is 6.58 Å². The van der Waals surface area contributed by atoms with Crippen molar-refractivity contribution in [1.29, 1.82) is 0 Å². The fourth-order valence-corrected chi connectivity index (χ4v) is 1.32.